The highest BCUT2D eigenvalue weighted by atomic mass is 32.1. The van der Waals surface area contributed by atoms with Crippen LogP contribution in [0, 0.1) is 0 Å². The Hall–Kier alpha value is -2.68. The summed E-state index contributed by atoms with van der Waals surface area (Å²) >= 11 is 1.50. The van der Waals surface area contributed by atoms with Gasteiger partial charge in [0, 0.05) is 10.4 Å². The van der Waals surface area contributed by atoms with Gasteiger partial charge >= 0.3 is 0 Å². The molecule has 158 valence electrons. The van der Waals surface area contributed by atoms with Crippen LogP contribution in [0.2, 0.25) is 0 Å². The van der Waals surface area contributed by atoms with Gasteiger partial charge in [0.15, 0.2) is 5.79 Å². The number of ketones is 1. The highest BCUT2D eigenvalue weighted by Gasteiger charge is 2.52. The predicted octanol–water partition coefficient (Wildman–Crippen LogP) is 3.16. The zero-order chi connectivity index (χ0) is 21.5. The number of methoxy groups -OCH3 is 1. The number of nitrogens with zero attached hydrogens (tertiary/aromatic N) is 1. The highest BCUT2D eigenvalue weighted by molar-refractivity contribution is 7.09. The molecule has 0 aliphatic carbocycles. The molecule has 8 heteroatoms. The van der Waals surface area contributed by atoms with Crippen LogP contribution in [0.3, 0.4) is 0 Å². The van der Waals surface area contributed by atoms with Crippen molar-refractivity contribution < 1.29 is 28.9 Å². The number of carbonyl (C=O) groups excluding carboxylic acids is 2. The van der Waals surface area contributed by atoms with Gasteiger partial charge in [0.05, 0.1) is 31.9 Å². The van der Waals surface area contributed by atoms with Crippen molar-refractivity contribution in [2.24, 2.45) is 0 Å². The molecule has 30 heavy (non-hydrogen) atoms. The molecule has 2 fully saturated rings. The van der Waals surface area contributed by atoms with Crippen LogP contribution in [0.5, 0.6) is 5.75 Å². The van der Waals surface area contributed by atoms with Crippen molar-refractivity contribution in [1.29, 1.82) is 0 Å². The van der Waals surface area contributed by atoms with Crippen LogP contribution in [0.1, 0.15) is 24.3 Å². The Morgan fingerprint density at radius 3 is 2.73 bits per heavy atom. The first-order chi connectivity index (χ1) is 14.3. The zero-order valence-electron chi connectivity index (χ0n) is 17.0. The fraction of sp³-hybridized carbons (Fsp3) is 0.364. The van der Waals surface area contributed by atoms with E-state index < -0.39 is 29.6 Å². The number of rotatable bonds is 5. The van der Waals surface area contributed by atoms with Crippen LogP contribution < -0.4 is 4.74 Å². The Kier molecular flexibility index (Phi) is 5.40. The molecule has 0 bridgehead atoms. The summed E-state index contributed by atoms with van der Waals surface area (Å²) in [7, 11) is 1.52. The van der Waals surface area contributed by atoms with Gasteiger partial charge in [-0.1, -0.05) is 18.2 Å². The number of carbonyl (C=O) groups is 2. The number of Topliss-reactive ketones (excluding diaryl/α,β-unsaturated/α-hetero) is 1. The Balaban J connectivity index is 1.80. The minimum Gasteiger partial charge on any atom is -0.507 e. The average Bonchev–Trinajstić information content (AvgIpc) is 3.43. The van der Waals surface area contributed by atoms with Crippen LogP contribution >= 0.6 is 11.3 Å². The van der Waals surface area contributed by atoms with Crippen molar-refractivity contribution in [2.75, 3.05) is 13.7 Å². The van der Waals surface area contributed by atoms with E-state index in [1.807, 2.05) is 17.5 Å². The number of hydrogen-bond acceptors (Lipinski definition) is 7. The predicted molar refractivity (Wildman–Crippen MR) is 111 cm³/mol. The molecule has 3 heterocycles. The van der Waals surface area contributed by atoms with Gasteiger partial charge in [0.2, 0.25) is 0 Å². The molecule has 2 aromatic rings. The van der Waals surface area contributed by atoms with Crippen LogP contribution in [0.4, 0.5) is 0 Å². The van der Waals surface area contributed by atoms with E-state index >= 15 is 0 Å². The summed E-state index contributed by atoms with van der Waals surface area (Å²) < 4.78 is 16.9. The molecule has 7 nitrogen and oxygen atoms in total. The molecular formula is C22H23NO6S. The van der Waals surface area contributed by atoms with Gasteiger partial charge in [-0.3, -0.25) is 9.59 Å². The maximum atomic E-state index is 13.0. The standard InChI is InChI=1S/C22H23NO6S/c1-22(2)28-12-16(29-22)18-17(19(24)13-6-4-7-14(10-13)27-3)20(25)21(26)23(18)11-15-8-5-9-30-15/h4-10,16,18,24H,11-12H2,1-3H3/b19-17+. The van der Waals surface area contributed by atoms with E-state index in [0.717, 1.165) is 4.88 Å². The lowest BCUT2D eigenvalue weighted by atomic mass is 9.97. The number of thiophene rings is 1. The van der Waals surface area contributed by atoms with E-state index in [0.29, 0.717) is 11.3 Å². The van der Waals surface area contributed by atoms with E-state index in [2.05, 4.69) is 0 Å². The lowest BCUT2D eigenvalue weighted by Gasteiger charge is -2.29. The van der Waals surface area contributed by atoms with E-state index in [1.54, 1.807) is 38.1 Å². The van der Waals surface area contributed by atoms with Gasteiger partial charge in [0.25, 0.3) is 11.7 Å². The first kappa shape index (κ1) is 20.6. The summed E-state index contributed by atoms with van der Waals surface area (Å²) in [5.41, 5.74) is 0.419. The molecule has 1 amide bonds. The second kappa shape index (κ2) is 7.86. The quantitative estimate of drug-likeness (QED) is 0.447. The van der Waals surface area contributed by atoms with Crippen molar-refractivity contribution >= 4 is 28.8 Å². The SMILES string of the molecule is COc1cccc(/C(O)=C2\C(=O)C(=O)N(Cc3cccs3)C2C2COC(C)(C)O2)c1. The fourth-order valence-electron chi connectivity index (χ4n) is 3.83. The smallest absolute Gasteiger partial charge is 0.295 e. The number of likely N-dealkylation sites (tertiary alicyclic amines) is 1. The molecule has 0 spiro atoms. The maximum Gasteiger partial charge on any atom is 0.295 e. The van der Waals surface area contributed by atoms with Crippen LogP contribution in [-0.4, -0.2) is 53.3 Å². The summed E-state index contributed by atoms with van der Waals surface area (Å²) in [5.74, 6) is -1.95. The van der Waals surface area contributed by atoms with Gasteiger partial charge in [-0.2, -0.15) is 0 Å². The number of benzene rings is 1. The Bertz CT molecular complexity index is 997. The van der Waals surface area contributed by atoms with Gasteiger partial charge in [0.1, 0.15) is 17.6 Å². The second-order valence-corrected chi connectivity index (χ2v) is 8.68. The molecule has 2 aliphatic rings. The number of amides is 1. The molecular weight excluding hydrogens is 406 g/mol. The van der Waals surface area contributed by atoms with Crippen LogP contribution in [-0.2, 0) is 25.6 Å². The summed E-state index contributed by atoms with van der Waals surface area (Å²) in [6.45, 7) is 4.01. The van der Waals surface area contributed by atoms with E-state index in [-0.39, 0.29) is 24.5 Å². The summed E-state index contributed by atoms with van der Waals surface area (Å²) in [6, 6.07) is 9.76. The molecule has 2 unspecified atom stereocenters. The minimum atomic E-state index is -0.843. The van der Waals surface area contributed by atoms with Crippen molar-refractivity contribution in [3.8, 4) is 5.75 Å². The summed E-state index contributed by atoms with van der Waals surface area (Å²) in [5, 5.41) is 13.0. The lowest BCUT2D eigenvalue weighted by molar-refractivity contribution is -0.149. The Labute approximate surface area is 178 Å². The molecule has 1 N–H and O–H groups in total. The zero-order valence-corrected chi connectivity index (χ0v) is 17.8. The molecule has 2 saturated heterocycles. The summed E-state index contributed by atoms with van der Waals surface area (Å²) in [4.78, 5) is 28.4. The fourth-order valence-corrected chi connectivity index (χ4v) is 4.54. The first-order valence-electron chi connectivity index (χ1n) is 9.58. The van der Waals surface area contributed by atoms with Crippen LogP contribution in [0.25, 0.3) is 5.76 Å². The summed E-state index contributed by atoms with van der Waals surface area (Å²) in [6.07, 6.45) is -0.585. The number of ether oxygens (including phenoxy) is 3. The normalized spacial score (nSPS) is 25.1. The highest BCUT2D eigenvalue weighted by Crippen LogP contribution is 2.37. The van der Waals surface area contributed by atoms with E-state index in [1.165, 1.54) is 23.3 Å². The van der Waals surface area contributed by atoms with Gasteiger partial charge in [-0.15, -0.1) is 11.3 Å². The number of aliphatic hydroxyl groups is 1. The van der Waals surface area contributed by atoms with E-state index in [9.17, 15) is 14.7 Å². The third-order valence-corrected chi connectivity index (χ3v) is 6.08. The number of aliphatic hydroxyl groups excluding tert-OH is 1. The van der Waals surface area contributed by atoms with Crippen molar-refractivity contribution in [3.05, 3.63) is 57.8 Å². The topological polar surface area (TPSA) is 85.3 Å². The van der Waals surface area contributed by atoms with Crippen molar-refractivity contribution in [1.82, 2.24) is 4.90 Å². The second-order valence-electron chi connectivity index (χ2n) is 7.65. The minimum absolute atomic E-state index is 0.0242. The van der Waals surface area contributed by atoms with Crippen molar-refractivity contribution in [3.63, 3.8) is 0 Å². The molecule has 1 aromatic carbocycles. The molecule has 1 aromatic heterocycles. The lowest BCUT2D eigenvalue weighted by Crippen LogP contribution is -2.43. The van der Waals surface area contributed by atoms with Gasteiger partial charge in [-0.05, 0) is 37.4 Å². The van der Waals surface area contributed by atoms with E-state index in [4.69, 9.17) is 14.2 Å². The Morgan fingerprint density at radius 1 is 1.30 bits per heavy atom. The third-order valence-electron chi connectivity index (χ3n) is 5.22. The molecule has 0 saturated carbocycles. The molecule has 2 aliphatic heterocycles. The molecule has 0 radical (unpaired) electrons. The molecule has 4 rings (SSSR count). The van der Waals surface area contributed by atoms with Crippen LogP contribution in [0.15, 0.2) is 47.4 Å². The monoisotopic (exact) mass is 429 g/mol. The average molecular weight is 429 g/mol. The van der Waals surface area contributed by atoms with Crippen molar-refractivity contribution in [2.45, 2.75) is 38.3 Å². The molecule has 2 atom stereocenters. The maximum absolute atomic E-state index is 13.0. The Morgan fingerprint density at radius 2 is 2.10 bits per heavy atom. The van der Waals surface area contributed by atoms with Gasteiger partial charge in [-0.25, -0.2) is 0 Å². The number of hydrogen-bond donors (Lipinski definition) is 1. The third kappa shape index (κ3) is 3.74. The largest absolute Gasteiger partial charge is 0.507 e. The van der Waals surface area contributed by atoms with Gasteiger partial charge < -0.3 is 24.2 Å². The first-order valence-corrected chi connectivity index (χ1v) is 10.5.